The van der Waals surface area contributed by atoms with E-state index in [1.54, 1.807) is 18.2 Å². The Morgan fingerprint density at radius 2 is 1.79 bits per heavy atom. The Labute approximate surface area is 243 Å². The van der Waals surface area contributed by atoms with Crippen LogP contribution in [0.15, 0.2) is 46.9 Å². The Hall–Kier alpha value is -2.24. The number of carbonyl (C=O) groups is 2. The zero-order valence-corrected chi connectivity index (χ0v) is 24.8. The van der Waals surface area contributed by atoms with Crippen molar-refractivity contribution in [1.82, 2.24) is 14.7 Å². The van der Waals surface area contributed by atoms with E-state index in [2.05, 4.69) is 38.0 Å². The number of rotatable bonds is 10. The molecule has 204 valence electrons. The summed E-state index contributed by atoms with van der Waals surface area (Å²) >= 11 is 15.6. The van der Waals surface area contributed by atoms with E-state index in [1.165, 1.54) is 12.0 Å². The molecule has 1 N–H and O–H groups in total. The van der Waals surface area contributed by atoms with Gasteiger partial charge in [0.15, 0.2) is 5.11 Å². The van der Waals surface area contributed by atoms with Gasteiger partial charge in [0.1, 0.15) is 11.8 Å². The van der Waals surface area contributed by atoms with E-state index in [0.717, 1.165) is 50.2 Å². The Morgan fingerprint density at radius 1 is 1.11 bits per heavy atom. The molecule has 2 aromatic rings. The summed E-state index contributed by atoms with van der Waals surface area (Å²) in [5, 5.41) is 3.66. The van der Waals surface area contributed by atoms with Crippen molar-refractivity contribution in [3.8, 4) is 5.75 Å². The molecule has 0 unspecified atom stereocenters. The number of methoxy groups -OCH3 is 1. The lowest BCUT2D eigenvalue weighted by Gasteiger charge is -2.34. The molecule has 0 aromatic heterocycles. The van der Waals surface area contributed by atoms with Gasteiger partial charge in [-0.2, -0.15) is 0 Å². The maximum absolute atomic E-state index is 13.7. The van der Waals surface area contributed by atoms with Crippen molar-refractivity contribution < 1.29 is 14.3 Å². The molecule has 2 aliphatic heterocycles. The topological polar surface area (TPSA) is 68.4 Å². The van der Waals surface area contributed by atoms with Gasteiger partial charge in [0.25, 0.3) is 5.91 Å². The van der Waals surface area contributed by atoms with Gasteiger partial charge in [0.05, 0.1) is 24.2 Å². The summed E-state index contributed by atoms with van der Waals surface area (Å²) in [5.74, 6) is 0.0287. The number of benzene rings is 2. The minimum Gasteiger partial charge on any atom is -0.495 e. The average Bonchev–Trinajstić information content (AvgIpc) is 3.14. The standard InChI is InChI=1S/C27H33BrClN5O3S/c1-3-31-13-15-32(16-14-31)11-4-12-33-23(18-25(35)30-20-7-5-19(28)6-8-20)26(36)34(27(33)38)21-9-10-24(37-2)22(29)17-21/h5-10,17,23H,3-4,11-16,18H2,1-2H3,(H,30,35)/t23-/m1/s1. The average molecular weight is 623 g/mol. The number of ether oxygens (including phenoxy) is 1. The molecule has 2 fully saturated rings. The van der Waals surface area contributed by atoms with Crippen LogP contribution in [0.1, 0.15) is 19.8 Å². The minimum atomic E-state index is -0.698. The number of thiocarbonyl (C=S) groups is 1. The molecule has 2 aliphatic rings. The number of hydrogen-bond donors (Lipinski definition) is 1. The highest BCUT2D eigenvalue weighted by atomic mass is 79.9. The zero-order chi connectivity index (χ0) is 27.2. The highest BCUT2D eigenvalue weighted by Crippen LogP contribution is 2.33. The second-order valence-electron chi connectivity index (χ2n) is 9.37. The number of halogens is 2. The molecular weight excluding hydrogens is 590 g/mol. The summed E-state index contributed by atoms with van der Waals surface area (Å²) in [6, 6.07) is 11.8. The summed E-state index contributed by atoms with van der Waals surface area (Å²) in [4.78, 5) is 34.9. The van der Waals surface area contributed by atoms with E-state index in [-0.39, 0.29) is 18.2 Å². The van der Waals surface area contributed by atoms with Crippen LogP contribution in [0.5, 0.6) is 5.75 Å². The number of nitrogens with zero attached hydrogens (tertiary/aromatic N) is 4. The Balaban J connectivity index is 1.48. The van der Waals surface area contributed by atoms with Crippen molar-refractivity contribution in [3.05, 3.63) is 52.0 Å². The van der Waals surface area contributed by atoms with Gasteiger partial charge < -0.3 is 24.8 Å². The molecule has 2 heterocycles. The van der Waals surface area contributed by atoms with E-state index in [0.29, 0.717) is 33.8 Å². The third-order valence-electron chi connectivity index (χ3n) is 7.00. The molecule has 0 aliphatic carbocycles. The van der Waals surface area contributed by atoms with E-state index in [1.807, 2.05) is 29.2 Å². The van der Waals surface area contributed by atoms with Gasteiger partial charge >= 0.3 is 0 Å². The number of carbonyl (C=O) groups excluding carboxylic acids is 2. The van der Waals surface area contributed by atoms with Crippen LogP contribution in [0.4, 0.5) is 11.4 Å². The van der Waals surface area contributed by atoms with Crippen LogP contribution in [0.2, 0.25) is 5.02 Å². The van der Waals surface area contributed by atoms with Crippen molar-refractivity contribution in [3.63, 3.8) is 0 Å². The van der Waals surface area contributed by atoms with Gasteiger partial charge in [0.2, 0.25) is 5.91 Å². The van der Waals surface area contributed by atoms with E-state index in [4.69, 9.17) is 28.6 Å². The van der Waals surface area contributed by atoms with E-state index >= 15 is 0 Å². The summed E-state index contributed by atoms with van der Waals surface area (Å²) in [5.41, 5.74) is 1.23. The van der Waals surface area contributed by atoms with Crippen LogP contribution in [0.25, 0.3) is 0 Å². The molecule has 8 nitrogen and oxygen atoms in total. The van der Waals surface area contributed by atoms with Crippen LogP contribution in [0.3, 0.4) is 0 Å². The first-order valence-electron chi connectivity index (χ1n) is 12.8. The molecule has 38 heavy (non-hydrogen) atoms. The second-order valence-corrected chi connectivity index (χ2v) is 11.1. The summed E-state index contributed by atoms with van der Waals surface area (Å²) < 4.78 is 6.18. The van der Waals surface area contributed by atoms with Crippen LogP contribution in [-0.4, -0.2) is 90.6 Å². The third-order valence-corrected chi connectivity index (χ3v) is 8.25. The molecular formula is C27H33BrClN5O3S. The summed E-state index contributed by atoms with van der Waals surface area (Å²) in [6.07, 6.45) is 0.826. The molecule has 11 heteroatoms. The highest BCUT2D eigenvalue weighted by Gasteiger charge is 2.44. The van der Waals surface area contributed by atoms with Crippen molar-refractivity contribution in [2.24, 2.45) is 0 Å². The molecule has 0 spiro atoms. The molecule has 4 rings (SSSR count). The number of hydrogen-bond acceptors (Lipinski definition) is 6. The summed E-state index contributed by atoms with van der Waals surface area (Å²) in [7, 11) is 1.54. The summed E-state index contributed by atoms with van der Waals surface area (Å²) in [6.45, 7) is 8.97. The van der Waals surface area contributed by atoms with Gasteiger partial charge in [-0.25, -0.2) is 0 Å². The molecule has 0 radical (unpaired) electrons. The van der Waals surface area contributed by atoms with Crippen molar-refractivity contribution in [1.29, 1.82) is 0 Å². The predicted molar refractivity (Wildman–Crippen MR) is 159 cm³/mol. The van der Waals surface area contributed by atoms with Gasteiger partial charge in [0, 0.05) is 42.9 Å². The number of amides is 2. The molecule has 1 atom stereocenters. The first-order chi connectivity index (χ1) is 18.3. The number of nitrogens with one attached hydrogen (secondary N) is 1. The van der Waals surface area contributed by atoms with Crippen molar-refractivity contribution in [2.45, 2.75) is 25.8 Å². The smallest absolute Gasteiger partial charge is 0.256 e. The zero-order valence-electron chi connectivity index (χ0n) is 21.7. The van der Waals surface area contributed by atoms with Crippen molar-refractivity contribution >= 4 is 68.1 Å². The SMILES string of the molecule is CCN1CCN(CCCN2C(=S)N(c3ccc(OC)c(Cl)c3)C(=O)[C@H]2CC(=O)Nc2ccc(Br)cc2)CC1. The van der Waals surface area contributed by atoms with Crippen LogP contribution < -0.4 is 15.0 Å². The fourth-order valence-electron chi connectivity index (χ4n) is 4.83. The lowest BCUT2D eigenvalue weighted by Crippen LogP contribution is -2.47. The molecule has 0 saturated carbocycles. The van der Waals surface area contributed by atoms with Crippen LogP contribution >= 0.6 is 39.7 Å². The monoisotopic (exact) mass is 621 g/mol. The van der Waals surface area contributed by atoms with Crippen LogP contribution in [-0.2, 0) is 9.59 Å². The van der Waals surface area contributed by atoms with Gasteiger partial charge in [-0.15, -0.1) is 0 Å². The molecule has 2 amide bonds. The fourth-order valence-corrected chi connectivity index (χ4v) is 5.76. The lowest BCUT2D eigenvalue weighted by atomic mass is 10.1. The van der Waals surface area contributed by atoms with E-state index < -0.39 is 6.04 Å². The van der Waals surface area contributed by atoms with Gasteiger partial charge in [-0.3, -0.25) is 14.5 Å². The van der Waals surface area contributed by atoms with E-state index in [9.17, 15) is 9.59 Å². The maximum Gasteiger partial charge on any atom is 0.256 e. The number of piperazine rings is 1. The predicted octanol–water partition coefficient (Wildman–Crippen LogP) is 4.47. The fraction of sp³-hybridized carbons (Fsp3) is 0.444. The largest absolute Gasteiger partial charge is 0.495 e. The molecule has 2 aromatic carbocycles. The lowest BCUT2D eigenvalue weighted by molar-refractivity contribution is -0.124. The minimum absolute atomic E-state index is 0.00933. The third kappa shape index (κ3) is 6.84. The first kappa shape index (κ1) is 28.8. The maximum atomic E-state index is 13.7. The number of anilines is 2. The molecule has 2 saturated heterocycles. The quantitative estimate of drug-likeness (QED) is 0.392. The Bertz CT molecular complexity index is 1160. The molecule has 0 bridgehead atoms. The van der Waals surface area contributed by atoms with Crippen molar-refractivity contribution in [2.75, 3.05) is 63.1 Å². The number of likely N-dealkylation sites (N-methyl/N-ethyl adjacent to an activating group) is 1. The normalized spacial score (nSPS) is 18.8. The second kappa shape index (κ2) is 13.2. The van der Waals surface area contributed by atoms with Crippen LogP contribution in [0, 0.1) is 0 Å². The van der Waals surface area contributed by atoms with Gasteiger partial charge in [-0.1, -0.05) is 34.5 Å². The Morgan fingerprint density at radius 3 is 2.42 bits per heavy atom. The Kier molecular flexibility index (Phi) is 10.00. The first-order valence-corrected chi connectivity index (χ1v) is 14.4. The van der Waals surface area contributed by atoms with Gasteiger partial charge in [-0.05, 0) is 74.2 Å². The highest BCUT2D eigenvalue weighted by molar-refractivity contribution is 9.10.